The van der Waals surface area contributed by atoms with E-state index in [1.807, 2.05) is 42.9 Å². The SMILES string of the molecule is CC(Cn1cnc2cnc3ccccc3c21)OCc1csc2ccc(Cl)cc12. The van der Waals surface area contributed by atoms with E-state index in [1.165, 1.54) is 15.6 Å². The van der Waals surface area contributed by atoms with Crippen molar-refractivity contribution in [2.75, 3.05) is 0 Å². The number of pyridine rings is 1. The third kappa shape index (κ3) is 3.15. The summed E-state index contributed by atoms with van der Waals surface area (Å²) in [4.78, 5) is 9.01. The molecule has 6 heteroatoms. The molecule has 5 rings (SSSR count). The maximum Gasteiger partial charge on any atom is 0.107 e. The van der Waals surface area contributed by atoms with E-state index in [4.69, 9.17) is 16.3 Å². The van der Waals surface area contributed by atoms with Gasteiger partial charge in [-0.1, -0.05) is 29.8 Å². The van der Waals surface area contributed by atoms with Crippen LogP contribution in [0.2, 0.25) is 5.02 Å². The second kappa shape index (κ2) is 7.17. The Hall–Kier alpha value is -2.47. The molecule has 0 radical (unpaired) electrons. The zero-order valence-electron chi connectivity index (χ0n) is 15.3. The molecule has 0 aliphatic rings. The molecule has 28 heavy (non-hydrogen) atoms. The third-order valence-corrected chi connectivity index (χ3v) is 6.19. The summed E-state index contributed by atoms with van der Waals surface area (Å²) < 4.78 is 9.56. The van der Waals surface area contributed by atoms with Crippen LogP contribution in [0.15, 0.2) is 60.4 Å². The molecule has 0 spiro atoms. The minimum Gasteiger partial charge on any atom is -0.372 e. The standard InChI is InChI=1S/C22H18ClN3OS/c1-14(27-11-15-12-28-21-7-6-16(23)8-18(15)21)10-26-13-25-20-9-24-19-5-3-2-4-17(19)22(20)26/h2-9,12-14H,10-11H2,1H3. The van der Waals surface area contributed by atoms with Crippen LogP contribution < -0.4 is 0 Å². The van der Waals surface area contributed by atoms with Gasteiger partial charge in [0, 0.05) is 15.1 Å². The average Bonchev–Trinajstić information content (AvgIpc) is 3.30. The van der Waals surface area contributed by atoms with Crippen LogP contribution in [0.3, 0.4) is 0 Å². The molecule has 0 N–H and O–H groups in total. The second-order valence-corrected chi connectivity index (χ2v) is 8.28. The summed E-state index contributed by atoms with van der Waals surface area (Å²) in [7, 11) is 0. The number of para-hydroxylation sites is 1. The first kappa shape index (κ1) is 17.6. The predicted octanol–water partition coefficient (Wildman–Crippen LogP) is 6.06. The Balaban J connectivity index is 1.37. The summed E-state index contributed by atoms with van der Waals surface area (Å²) >= 11 is 7.88. The number of benzene rings is 2. The normalized spacial score (nSPS) is 12.9. The van der Waals surface area contributed by atoms with Crippen LogP contribution in [-0.4, -0.2) is 20.6 Å². The van der Waals surface area contributed by atoms with Crippen LogP contribution in [0.5, 0.6) is 0 Å². The summed E-state index contributed by atoms with van der Waals surface area (Å²) in [6.07, 6.45) is 3.75. The molecule has 0 saturated carbocycles. The van der Waals surface area contributed by atoms with Crippen molar-refractivity contribution < 1.29 is 4.74 Å². The first-order valence-electron chi connectivity index (χ1n) is 9.15. The lowest BCUT2D eigenvalue weighted by atomic mass is 10.2. The summed E-state index contributed by atoms with van der Waals surface area (Å²) in [6.45, 7) is 3.39. The van der Waals surface area contributed by atoms with Crippen molar-refractivity contribution in [2.45, 2.75) is 26.2 Å². The Morgan fingerprint density at radius 3 is 2.93 bits per heavy atom. The van der Waals surface area contributed by atoms with E-state index < -0.39 is 0 Å². The van der Waals surface area contributed by atoms with E-state index in [9.17, 15) is 0 Å². The van der Waals surface area contributed by atoms with Crippen LogP contribution in [0, 0.1) is 0 Å². The Morgan fingerprint density at radius 2 is 2.00 bits per heavy atom. The zero-order chi connectivity index (χ0) is 19.1. The van der Waals surface area contributed by atoms with Crippen molar-refractivity contribution >= 4 is 55.0 Å². The van der Waals surface area contributed by atoms with Crippen molar-refractivity contribution in [1.82, 2.24) is 14.5 Å². The van der Waals surface area contributed by atoms with Gasteiger partial charge in [-0.05, 0) is 47.5 Å². The molecule has 3 heterocycles. The number of rotatable bonds is 5. The average molecular weight is 408 g/mol. The van der Waals surface area contributed by atoms with E-state index >= 15 is 0 Å². The number of nitrogens with zero attached hydrogens (tertiary/aromatic N) is 3. The molecule has 0 amide bonds. The predicted molar refractivity (Wildman–Crippen MR) is 116 cm³/mol. The summed E-state index contributed by atoms with van der Waals surface area (Å²) in [5.41, 5.74) is 4.17. The highest BCUT2D eigenvalue weighted by Gasteiger charge is 2.12. The minimum atomic E-state index is 0.0402. The highest BCUT2D eigenvalue weighted by atomic mass is 35.5. The van der Waals surface area contributed by atoms with Gasteiger partial charge in [0.05, 0.1) is 42.8 Å². The van der Waals surface area contributed by atoms with Crippen LogP contribution >= 0.6 is 22.9 Å². The molecule has 0 saturated heterocycles. The van der Waals surface area contributed by atoms with Crippen LogP contribution in [-0.2, 0) is 17.9 Å². The van der Waals surface area contributed by atoms with Gasteiger partial charge in [-0.3, -0.25) is 4.98 Å². The molecule has 3 aromatic heterocycles. The fraction of sp³-hybridized carbons (Fsp3) is 0.182. The van der Waals surface area contributed by atoms with Crippen molar-refractivity contribution in [3.05, 3.63) is 71.0 Å². The molecule has 0 fully saturated rings. The molecule has 2 aromatic carbocycles. The number of hydrogen-bond acceptors (Lipinski definition) is 4. The molecule has 1 atom stereocenters. The van der Waals surface area contributed by atoms with Crippen LogP contribution in [0.1, 0.15) is 12.5 Å². The van der Waals surface area contributed by atoms with Gasteiger partial charge < -0.3 is 9.30 Å². The summed E-state index contributed by atoms with van der Waals surface area (Å²) in [6, 6.07) is 14.2. The fourth-order valence-corrected chi connectivity index (χ4v) is 4.67. The number of halogens is 1. The number of imidazole rings is 1. The molecule has 5 aromatic rings. The molecule has 4 nitrogen and oxygen atoms in total. The fourth-order valence-electron chi connectivity index (χ4n) is 3.57. The monoisotopic (exact) mass is 407 g/mol. The molecule has 0 aliphatic heterocycles. The Labute approximate surface area is 171 Å². The number of thiophene rings is 1. The maximum absolute atomic E-state index is 6.17. The van der Waals surface area contributed by atoms with Gasteiger partial charge >= 0.3 is 0 Å². The minimum absolute atomic E-state index is 0.0402. The smallest absolute Gasteiger partial charge is 0.107 e. The number of hydrogen-bond donors (Lipinski definition) is 0. The summed E-state index contributed by atoms with van der Waals surface area (Å²) in [5, 5.41) is 5.20. The lowest BCUT2D eigenvalue weighted by molar-refractivity contribution is 0.0434. The van der Waals surface area contributed by atoms with Crippen LogP contribution in [0.25, 0.3) is 32.0 Å². The van der Waals surface area contributed by atoms with Gasteiger partial charge in [-0.2, -0.15) is 0 Å². The van der Waals surface area contributed by atoms with Gasteiger partial charge in [0.2, 0.25) is 0 Å². The molecule has 0 aliphatic carbocycles. The first-order chi connectivity index (χ1) is 13.7. The second-order valence-electron chi connectivity index (χ2n) is 6.93. The van der Waals surface area contributed by atoms with E-state index in [1.54, 1.807) is 11.3 Å². The Bertz CT molecular complexity index is 1290. The van der Waals surface area contributed by atoms with E-state index in [0.717, 1.165) is 33.5 Å². The first-order valence-corrected chi connectivity index (χ1v) is 10.4. The van der Waals surface area contributed by atoms with E-state index in [-0.39, 0.29) is 6.10 Å². The van der Waals surface area contributed by atoms with Crippen molar-refractivity contribution in [2.24, 2.45) is 0 Å². The Kier molecular flexibility index (Phi) is 4.51. The largest absolute Gasteiger partial charge is 0.372 e. The quantitative estimate of drug-likeness (QED) is 0.355. The maximum atomic E-state index is 6.17. The van der Waals surface area contributed by atoms with Gasteiger partial charge in [0.25, 0.3) is 0 Å². The van der Waals surface area contributed by atoms with Crippen molar-refractivity contribution in [3.63, 3.8) is 0 Å². The van der Waals surface area contributed by atoms with Gasteiger partial charge in [-0.15, -0.1) is 11.3 Å². The molecule has 140 valence electrons. The Morgan fingerprint density at radius 1 is 1.11 bits per heavy atom. The molecule has 1 unspecified atom stereocenters. The third-order valence-electron chi connectivity index (χ3n) is 4.94. The molecular weight excluding hydrogens is 390 g/mol. The van der Waals surface area contributed by atoms with Gasteiger partial charge in [0.1, 0.15) is 5.52 Å². The lowest BCUT2D eigenvalue weighted by Crippen LogP contribution is -2.16. The van der Waals surface area contributed by atoms with Crippen molar-refractivity contribution in [1.29, 1.82) is 0 Å². The lowest BCUT2D eigenvalue weighted by Gasteiger charge is -2.15. The van der Waals surface area contributed by atoms with Crippen LogP contribution in [0.4, 0.5) is 0 Å². The highest BCUT2D eigenvalue weighted by molar-refractivity contribution is 7.17. The number of ether oxygens (including phenoxy) is 1. The van der Waals surface area contributed by atoms with E-state index in [2.05, 4.69) is 39.0 Å². The topological polar surface area (TPSA) is 39.9 Å². The van der Waals surface area contributed by atoms with E-state index in [0.29, 0.717) is 6.61 Å². The molecular formula is C22H18ClN3OS. The zero-order valence-corrected chi connectivity index (χ0v) is 16.9. The number of aromatic nitrogens is 3. The number of fused-ring (bicyclic) bond motifs is 4. The highest BCUT2D eigenvalue weighted by Crippen LogP contribution is 2.29. The van der Waals surface area contributed by atoms with Gasteiger partial charge in [-0.25, -0.2) is 4.98 Å². The van der Waals surface area contributed by atoms with Crippen molar-refractivity contribution in [3.8, 4) is 0 Å². The molecule has 0 bridgehead atoms. The summed E-state index contributed by atoms with van der Waals surface area (Å²) in [5.74, 6) is 0. The van der Waals surface area contributed by atoms with Gasteiger partial charge in [0.15, 0.2) is 0 Å².